The van der Waals surface area contributed by atoms with E-state index in [4.69, 9.17) is 5.26 Å². The van der Waals surface area contributed by atoms with Crippen LogP contribution in [0.25, 0.3) is 0 Å². The van der Waals surface area contributed by atoms with E-state index in [9.17, 15) is 13.2 Å². The Bertz CT molecular complexity index is 641. The van der Waals surface area contributed by atoms with Gasteiger partial charge in [-0.2, -0.15) is 5.26 Å². The summed E-state index contributed by atoms with van der Waals surface area (Å²) in [4.78, 5) is 13.6. The molecule has 1 aliphatic heterocycles. The maximum absolute atomic E-state index is 12.1. The van der Waals surface area contributed by atoms with Gasteiger partial charge in [0.25, 0.3) is 0 Å². The largest absolute Gasteiger partial charge is 0.342 e. The lowest BCUT2D eigenvalue weighted by Crippen LogP contribution is -2.38. The minimum Gasteiger partial charge on any atom is -0.342 e. The first-order chi connectivity index (χ1) is 10.0. The van der Waals surface area contributed by atoms with Crippen molar-refractivity contribution in [3.8, 4) is 6.07 Å². The number of carbonyl (C=O) groups excluding carboxylic acids is 1. The molecule has 0 bridgehead atoms. The van der Waals surface area contributed by atoms with Gasteiger partial charge in [-0.05, 0) is 30.5 Å². The number of benzene rings is 1. The molecule has 7 heteroatoms. The van der Waals surface area contributed by atoms with E-state index in [1.807, 2.05) is 6.07 Å². The first-order valence-corrected chi connectivity index (χ1v) is 8.24. The highest BCUT2D eigenvalue weighted by atomic mass is 32.2. The predicted octanol–water partition coefficient (Wildman–Crippen LogP) is 0.653. The molecule has 0 aliphatic carbocycles. The molecular weight excluding hydrogens is 290 g/mol. The molecule has 1 aliphatic rings. The molecule has 6 nitrogen and oxygen atoms in total. The zero-order chi connectivity index (χ0) is 15.3. The number of amides is 1. The van der Waals surface area contributed by atoms with Crippen LogP contribution in [0.5, 0.6) is 0 Å². The Hall–Kier alpha value is -1.91. The highest BCUT2D eigenvalue weighted by Gasteiger charge is 2.21. The lowest BCUT2D eigenvalue weighted by Gasteiger charge is -2.15. The van der Waals surface area contributed by atoms with Crippen LogP contribution >= 0.6 is 0 Å². The van der Waals surface area contributed by atoms with E-state index in [1.54, 1.807) is 17.0 Å². The molecule has 0 saturated carbocycles. The van der Waals surface area contributed by atoms with Crippen molar-refractivity contribution in [2.45, 2.75) is 24.2 Å². The van der Waals surface area contributed by atoms with Crippen molar-refractivity contribution >= 4 is 15.9 Å². The quantitative estimate of drug-likeness (QED) is 0.865. The third-order valence-electron chi connectivity index (χ3n) is 3.39. The lowest BCUT2D eigenvalue weighted by molar-refractivity contribution is -0.128. The fourth-order valence-corrected chi connectivity index (χ4v) is 3.17. The van der Waals surface area contributed by atoms with Crippen molar-refractivity contribution in [1.82, 2.24) is 9.62 Å². The molecule has 1 fully saturated rings. The number of rotatable bonds is 5. The summed E-state index contributed by atoms with van der Waals surface area (Å²) < 4.78 is 26.5. The Labute approximate surface area is 124 Å². The fourth-order valence-electron chi connectivity index (χ4n) is 2.20. The lowest BCUT2D eigenvalue weighted by atomic mass is 10.2. The van der Waals surface area contributed by atoms with Crippen LogP contribution in [0, 0.1) is 11.3 Å². The number of hydrogen-bond donors (Lipinski definition) is 1. The molecule has 1 N–H and O–H groups in total. The van der Waals surface area contributed by atoms with E-state index < -0.39 is 10.0 Å². The maximum Gasteiger partial charge on any atom is 0.241 e. The van der Waals surface area contributed by atoms with Crippen LogP contribution in [0.15, 0.2) is 29.2 Å². The number of carbonyl (C=O) groups is 1. The van der Waals surface area contributed by atoms with Crippen molar-refractivity contribution in [2.24, 2.45) is 0 Å². The molecule has 1 heterocycles. The van der Waals surface area contributed by atoms with Crippen LogP contribution in [-0.4, -0.2) is 38.9 Å². The van der Waals surface area contributed by atoms with Crippen molar-refractivity contribution in [3.63, 3.8) is 0 Å². The van der Waals surface area contributed by atoms with Crippen molar-refractivity contribution in [2.75, 3.05) is 19.6 Å². The molecule has 0 radical (unpaired) electrons. The molecule has 1 aromatic carbocycles. The molecule has 0 unspecified atom stereocenters. The van der Waals surface area contributed by atoms with Gasteiger partial charge in [0.2, 0.25) is 15.9 Å². The first kappa shape index (κ1) is 15.5. The topological polar surface area (TPSA) is 90.3 Å². The van der Waals surface area contributed by atoms with E-state index in [-0.39, 0.29) is 23.8 Å². The van der Waals surface area contributed by atoms with E-state index in [0.29, 0.717) is 13.1 Å². The third kappa shape index (κ3) is 4.03. The average Bonchev–Trinajstić information content (AvgIpc) is 3.00. The SMILES string of the molecule is N#CCc1ccc(S(=O)(=O)NCC(=O)N2CCCC2)cc1. The summed E-state index contributed by atoms with van der Waals surface area (Å²) in [6.45, 7) is 1.18. The van der Waals surface area contributed by atoms with Gasteiger partial charge >= 0.3 is 0 Å². The van der Waals surface area contributed by atoms with E-state index >= 15 is 0 Å². The monoisotopic (exact) mass is 307 g/mol. The van der Waals surface area contributed by atoms with Gasteiger partial charge in [0.05, 0.1) is 23.9 Å². The van der Waals surface area contributed by atoms with Crippen LogP contribution in [0.3, 0.4) is 0 Å². The molecule has 1 aromatic rings. The fraction of sp³-hybridized carbons (Fsp3) is 0.429. The number of nitrogens with one attached hydrogen (secondary N) is 1. The minimum atomic E-state index is -3.70. The highest BCUT2D eigenvalue weighted by Crippen LogP contribution is 2.11. The van der Waals surface area contributed by atoms with Crippen molar-refractivity contribution in [3.05, 3.63) is 29.8 Å². The van der Waals surface area contributed by atoms with Crippen LogP contribution in [0.1, 0.15) is 18.4 Å². The molecule has 2 rings (SSSR count). The predicted molar refractivity (Wildman–Crippen MR) is 76.8 cm³/mol. The molecule has 0 spiro atoms. The van der Waals surface area contributed by atoms with Crippen LogP contribution < -0.4 is 4.72 Å². The zero-order valence-corrected chi connectivity index (χ0v) is 12.4. The Morgan fingerprint density at radius 2 is 1.86 bits per heavy atom. The molecular formula is C14H17N3O3S. The molecule has 112 valence electrons. The minimum absolute atomic E-state index is 0.0958. The van der Waals surface area contributed by atoms with Gasteiger partial charge in [-0.3, -0.25) is 4.79 Å². The number of nitriles is 1. The zero-order valence-electron chi connectivity index (χ0n) is 11.6. The van der Waals surface area contributed by atoms with Crippen molar-refractivity contribution in [1.29, 1.82) is 5.26 Å². The van der Waals surface area contributed by atoms with Gasteiger partial charge in [-0.25, -0.2) is 13.1 Å². The summed E-state index contributed by atoms with van der Waals surface area (Å²) in [7, 11) is -3.70. The maximum atomic E-state index is 12.1. The Morgan fingerprint density at radius 1 is 1.24 bits per heavy atom. The number of hydrogen-bond acceptors (Lipinski definition) is 4. The van der Waals surface area contributed by atoms with Crippen LogP contribution in [-0.2, 0) is 21.2 Å². The van der Waals surface area contributed by atoms with Gasteiger partial charge in [0.15, 0.2) is 0 Å². The van der Waals surface area contributed by atoms with Crippen molar-refractivity contribution < 1.29 is 13.2 Å². The summed E-state index contributed by atoms with van der Waals surface area (Å²) in [6.07, 6.45) is 2.18. The molecule has 0 atom stereocenters. The van der Waals surface area contributed by atoms with Gasteiger partial charge in [-0.15, -0.1) is 0 Å². The standard InChI is InChI=1S/C14H17N3O3S/c15-8-7-12-3-5-13(6-4-12)21(19,20)16-11-14(18)17-9-1-2-10-17/h3-6,16H,1-2,7,9-11H2. The van der Waals surface area contributed by atoms with E-state index in [0.717, 1.165) is 18.4 Å². The highest BCUT2D eigenvalue weighted by molar-refractivity contribution is 7.89. The van der Waals surface area contributed by atoms with Crippen LogP contribution in [0.4, 0.5) is 0 Å². The second-order valence-corrected chi connectivity index (χ2v) is 6.66. The summed E-state index contributed by atoms with van der Waals surface area (Å²) in [5.41, 5.74) is 0.754. The summed E-state index contributed by atoms with van der Waals surface area (Å²) in [5.74, 6) is -0.197. The summed E-state index contributed by atoms with van der Waals surface area (Å²) in [5, 5.41) is 8.58. The third-order valence-corrected chi connectivity index (χ3v) is 4.81. The molecule has 21 heavy (non-hydrogen) atoms. The number of sulfonamides is 1. The van der Waals surface area contributed by atoms with E-state index in [1.165, 1.54) is 12.1 Å². The first-order valence-electron chi connectivity index (χ1n) is 6.76. The number of nitrogens with zero attached hydrogens (tertiary/aromatic N) is 2. The molecule has 1 saturated heterocycles. The van der Waals surface area contributed by atoms with E-state index in [2.05, 4.69) is 4.72 Å². The second-order valence-electron chi connectivity index (χ2n) is 4.89. The van der Waals surface area contributed by atoms with Gasteiger partial charge in [-0.1, -0.05) is 12.1 Å². The Morgan fingerprint density at radius 3 is 2.43 bits per heavy atom. The molecule has 0 aromatic heterocycles. The Balaban J connectivity index is 1.97. The number of likely N-dealkylation sites (tertiary alicyclic amines) is 1. The second kappa shape index (κ2) is 6.70. The van der Waals surface area contributed by atoms with Gasteiger partial charge in [0, 0.05) is 13.1 Å². The van der Waals surface area contributed by atoms with Gasteiger partial charge < -0.3 is 4.90 Å². The molecule has 1 amide bonds. The summed E-state index contributed by atoms with van der Waals surface area (Å²) >= 11 is 0. The summed E-state index contributed by atoms with van der Waals surface area (Å²) in [6, 6.07) is 8.07. The Kier molecular flexibility index (Phi) is 4.94. The normalized spacial score (nSPS) is 14.9. The van der Waals surface area contributed by atoms with Gasteiger partial charge in [0.1, 0.15) is 0 Å². The van der Waals surface area contributed by atoms with Crippen LogP contribution in [0.2, 0.25) is 0 Å². The average molecular weight is 307 g/mol. The smallest absolute Gasteiger partial charge is 0.241 e.